The quantitative estimate of drug-likeness (QED) is 0.537. The first-order valence-electron chi connectivity index (χ1n) is 9.51. The lowest BCUT2D eigenvalue weighted by atomic mass is 10.1. The Morgan fingerprint density at radius 3 is 2.45 bits per heavy atom. The molecule has 0 unspecified atom stereocenters. The van der Waals surface area contributed by atoms with Gasteiger partial charge in [-0.25, -0.2) is 8.42 Å². The highest BCUT2D eigenvalue weighted by molar-refractivity contribution is 7.92. The van der Waals surface area contributed by atoms with Gasteiger partial charge in [-0.1, -0.05) is 35.9 Å². The third-order valence-corrected chi connectivity index (χ3v) is 6.74. The van der Waals surface area contributed by atoms with Gasteiger partial charge in [0, 0.05) is 23.4 Å². The van der Waals surface area contributed by atoms with Gasteiger partial charge in [-0.15, -0.1) is 0 Å². The average Bonchev–Trinajstić information content (AvgIpc) is 2.74. The average molecular weight is 459 g/mol. The Bertz CT molecular complexity index is 1230. The van der Waals surface area contributed by atoms with Crippen LogP contribution in [0.3, 0.4) is 0 Å². The second-order valence-corrected chi connectivity index (χ2v) is 9.10. The van der Waals surface area contributed by atoms with Crippen molar-refractivity contribution < 1.29 is 17.9 Å². The minimum absolute atomic E-state index is 0.0256. The molecular weight excluding hydrogens is 436 g/mol. The van der Waals surface area contributed by atoms with Crippen LogP contribution in [0.2, 0.25) is 5.02 Å². The molecule has 0 heterocycles. The largest absolute Gasteiger partial charge is 0.496 e. The van der Waals surface area contributed by atoms with Crippen LogP contribution in [0, 0.1) is 13.8 Å². The predicted molar refractivity (Wildman–Crippen MR) is 122 cm³/mol. The fourth-order valence-electron chi connectivity index (χ4n) is 2.99. The summed E-state index contributed by atoms with van der Waals surface area (Å²) in [7, 11) is -2.43. The number of ether oxygens (including phenoxy) is 1. The van der Waals surface area contributed by atoms with Gasteiger partial charge < -0.3 is 10.1 Å². The van der Waals surface area contributed by atoms with Gasteiger partial charge in [0.25, 0.3) is 15.9 Å². The second kappa shape index (κ2) is 9.41. The summed E-state index contributed by atoms with van der Waals surface area (Å²) in [6.07, 6.45) is 0. The minimum Gasteiger partial charge on any atom is -0.496 e. The van der Waals surface area contributed by atoms with Crippen molar-refractivity contribution in [2.45, 2.75) is 25.3 Å². The van der Waals surface area contributed by atoms with Crippen molar-refractivity contribution >= 4 is 33.2 Å². The first kappa shape index (κ1) is 22.7. The molecule has 3 aromatic carbocycles. The molecular formula is C23H23ClN2O4S. The Hall–Kier alpha value is -3.03. The molecule has 0 bridgehead atoms. The van der Waals surface area contributed by atoms with Crippen LogP contribution in [-0.2, 0) is 16.6 Å². The number of para-hydroxylation sites is 1. The Balaban J connectivity index is 1.81. The van der Waals surface area contributed by atoms with Crippen molar-refractivity contribution in [2.24, 2.45) is 0 Å². The van der Waals surface area contributed by atoms with Crippen molar-refractivity contribution in [2.75, 3.05) is 11.8 Å². The van der Waals surface area contributed by atoms with Crippen LogP contribution in [0.15, 0.2) is 65.6 Å². The molecule has 0 spiro atoms. The maximum Gasteiger partial charge on any atom is 0.263 e. The summed E-state index contributed by atoms with van der Waals surface area (Å²) >= 11 is 6.15. The molecule has 1 amide bonds. The molecule has 0 aliphatic rings. The molecule has 0 atom stereocenters. The highest BCUT2D eigenvalue weighted by atomic mass is 35.5. The van der Waals surface area contributed by atoms with E-state index in [9.17, 15) is 13.2 Å². The SMILES string of the molecule is COc1ccccc1CNC(=O)c1ccc(Cl)c(S(=O)(=O)Nc2ccc(C)c(C)c2)c1. The van der Waals surface area contributed by atoms with Gasteiger partial charge in [0.05, 0.1) is 12.1 Å². The van der Waals surface area contributed by atoms with E-state index in [1.807, 2.05) is 38.1 Å². The molecule has 2 N–H and O–H groups in total. The summed E-state index contributed by atoms with van der Waals surface area (Å²) in [5, 5.41) is 2.80. The molecule has 8 heteroatoms. The van der Waals surface area contributed by atoms with Crippen LogP contribution in [-0.4, -0.2) is 21.4 Å². The van der Waals surface area contributed by atoms with Crippen molar-refractivity contribution in [3.63, 3.8) is 0 Å². The first-order chi connectivity index (χ1) is 14.7. The highest BCUT2D eigenvalue weighted by Crippen LogP contribution is 2.26. The number of hydrogen-bond acceptors (Lipinski definition) is 4. The van der Waals surface area contributed by atoms with Gasteiger partial charge in [-0.2, -0.15) is 0 Å². The molecule has 3 aromatic rings. The van der Waals surface area contributed by atoms with Gasteiger partial charge in [0.2, 0.25) is 0 Å². The number of anilines is 1. The summed E-state index contributed by atoms with van der Waals surface area (Å²) in [6.45, 7) is 4.07. The smallest absolute Gasteiger partial charge is 0.263 e. The van der Waals surface area contributed by atoms with Crippen LogP contribution in [0.4, 0.5) is 5.69 Å². The molecule has 0 fully saturated rings. The number of amides is 1. The van der Waals surface area contributed by atoms with E-state index in [0.717, 1.165) is 16.7 Å². The van der Waals surface area contributed by atoms with E-state index >= 15 is 0 Å². The lowest BCUT2D eigenvalue weighted by molar-refractivity contribution is 0.0950. The molecule has 0 radical (unpaired) electrons. The van der Waals surface area contributed by atoms with Gasteiger partial charge in [-0.3, -0.25) is 9.52 Å². The van der Waals surface area contributed by atoms with Crippen molar-refractivity contribution in [1.82, 2.24) is 5.32 Å². The monoisotopic (exact) mass is 458 g/mol. The normalized spacial score (nSPS) is 11.1. The van der Waals surface area contributed by atoms with Gasteiger partial charge in [0.1, 0.15) is 10.6 Å². The number of rotatable bonds is 7. The zero-order valence-electron chi connectivity index (χ0n) is 17.4. The van der Waals surface area contributed by atoms with Crippen molar-refractivity contribution in [1.29, 1.82) is 0 Å². The molecule has 0 aromatic heterocycles. The van der Waals surface area contributed by atoms with Gasteiger partial charge in [0.15, 0.2) is 0 Å². The van der Waals surface area contributed by atoms with Crippen LogP contribution in [0.1, 0.15) is 27.0 Å². The summed E-state index contributed by atoms with van der Waals surface area (Å²) in [5.74, 6) is 0.227. The van der Waals surface area contributed by atoms with E-state index < -0.39 is 15.9 Å². The van der Waals surface area contributed by atoms with E-state index in [2.05, 4.69) is 10.0 Å². The van der Waals surface area contributed by atoms with Crippen LogP contribution < -0.4 is 14.8 Å². The Labute approximate surface area is 187 Å². The zero-order valence-corrected chi connectivity index (χ0v) is 19.0. The molecule has 0 aliphatic carbocycles. The molecule has 31 heavy (non-hydrogen) atoms. The fourth-order valence-corrected chi connectivity index (χ4v) is 4.57. The van der Waals surface area contributed by atoms with E-state index in [1.165, 1.54) is 18.2 Å². The van der Waals surface area contributed by atoms with E-state index in [-0.39, 0.29) is 22.0 Å². The minimum atomic E-state index is -3.99. The molecule has 0 saturated heterocycles. The van der Waals surface area contributed by atoms with Crippen molar-refractivity contribution in [3.05, 3.63) is 87.9 Å². The number of benzene rings is 3. The van der Waals surface area contributed by atoms with Gasteiger partial charge in [-0.05, 0) is 61.4 Å². The highest BCUT2D eigenvalue weighted by Gasteiger charge is 2.21. The van der Waals surface area contributed by atoms with Crippen LogP contribution in [0.5, 0.6) is 5.75 Å². The summed E-state index contributed by atoms with van der Waals surface area (Å²) in [6, 6.07) is 16.7. The predicted octanol–water partition coefficient (Wildman–Crippen LogP) is 4.70. The third kappa shape index (κ3) is 5.37. The lowest BCUT2D eigenvalue weighted by Crippen LogP contribution is -2.23. The topological polar surface area (TPSA) is 84.5 Å². The summed E-state index contributed by atoms with van der Waals surface area (Å²) in [5.41, 5.74) is 3.41. The van der Waals surface area contributed by atoms with Crippen molar-refractivity contribution in [3.8, 4) is 5.75 Å². The van der Waals surface area contributed by atoms with E-state index in [4.69, 9.17) is 16.3 Å². The number of nitrogens with one attached hydrogen (secondary N) is 2. The maximum atomic E-state index is 12.9. The molecule has 162 valence electrons. The number of halogens is 1. The summed E-state index contributed by atoms with van der Waals surface area (Å²) < 4.78 is 33.6. The van der Waals surface area contributed by atoms with E-state index in [1.54, 1.807) is 25.3 Å². The van der Waals surface area contributed by atoms with E-state index in [0.29, 0.717) is 11.4 Å². The Kier molecular flexibility index (Phi) is 6.87. The standard InChI is InChI=1S/C23H23ClN2O4S/c1-15-8-10-19(12-16(15)2)26-31(28,29)22-13-17(9-11-20(22)24)23(27)25-14-18-6-4-5-7-21(18)30-3/h4-13,26H,14H2,1-3H3,(H,25,27). The number of sulfonamides is 1. The summed E-state index contributed by atoms with van der Waals surface area (Å²) in [4.78, 5) is 12.5. The maximum absolute atomic E-state index is 12.9. The van der Waals surface area contributed by atoms with Gasteiger partial charge >= 0.3 is 0 Å². The molecule has 3 rings (SSSR count). The van der Waals surface area contributed by atoms with Crippen LogP contribution >= 0.6 is 11.6 Å². The third-order valence-electron chi connectivity index (χ3n) is 4.87. The lowest BCUT2D eigenvalue weighted by Gasteiger charge is -2.13. The Morgan fingerprint density at radius 2 is 1.74 bits per heavy atom. The Morgan fingerprint density at radius 1 is 1.00 bits per heavy atom. The zero-order chi connectivity index (χ0) is 22.6. The molecule has 0 aliphatic heterocycles. The number of hydrogen-bond donors (Lipinski definition) is 2. The fraction of sp³-hybridized carbons (Fsp3) is 0.174. The number of carbonyl (C=O) groups is 1. The van der Waals surface area contributed by atoms with Crippen LogP contribution in [0.25, 0.3) is 0 Å². The number of carbonyl (C=O) groups excluding carboxylic acids is 1. The molecule has 0 saturated carbocycles. The first-order valence-corrected chi connectivity index (χ1v) is 11.4. The molecule has 6 nitrogen and oxygen atoms in total. The second-order valence-electron chi connectivity index (χ2n) is 7.04. The number of aryl methyl sites for hydroxylation is 2. The number of methoxy groups -OCH3 is 1.